The number of piperidine rings is 1. The predicted molar refractivity (Wildman–Crippen MR) is 71.0 cm³/mol. The van der Waals surface area contributed by atoms with Crippen LogP contribution in [0.15, 0.2) is 0 Å². The van der Waals surface area contributed by atoms with E-state index in [9.17, 15) is 8.42 Å². The third kappa shape index (κ3) is 3.44. The minimum absolute atomic E-state index is 0.0633. The molecule has 106 valence electrons. The van der Waals surface area contributed by atoms with Gasteiger partial charge in [-0.1, -0.05) is 6.42 Å². The van der Waals surface area contributed by atoms with Gasteiger partial charge in [-0.3, -0.25) is 0 Å². The second-order valence-corrected chi connectivity index (χ2v) is 7.48. The monoisotopic (exact) mass is 276 g/mol. The minimum Gasteiger partial charge on any atom is -0.376 e. The summed E-state index contributed by atoms with van der Waals surface area (Å²) in [5, 5.41) is 3.27. The molecule has 3 atom stereocenters. The van der Waals surface area contributed by atoms with Crippen LogP contribution in [-0.4, -0.2) is 45.0 Å². The van der Waals surface area contributed by atoms with Crippen molar-refractivity contribution in [2.24, 2.45) is 0 Å². The molecule has 0 aliphatic carbocycles. The van der Waals surface area contributed by atoms with Gasteiger partial charge in [-0.15, -0.1) is 0 Å². The van der Waals surface area contributed by atoms with Crippen LogP contribution in [-0.2, 0) is 14.8 Å². The number of hydrogen-bond donors (Lipinski definition) is 2. The van der Waals surface area contributed by atoms with Crippen molar-refractivity contribution in [2.45, 2.75) is 57.2 Å². The normalized spacial score (nSPS) is 37.9. The fourth-order valence-electron chi connectivity index (χ4n) is 2.70. The summed E-state index contributed by atoms with van der Waals surface area (Å²) < 4.78 is 32.7. The molecule has 3 unspecified atom stereocenters. The van der Waals surface area contributed by atoms with Crippen molar-refractivity contribution in [3.63, 3.8) is 0 Å². The van der Waals surface area contributed by atoms with Gasteiger partial charge < -0.3 is 10.1 Å². The molecular weight excluding hydrogens is 252 g/mol. The van der Waals surface area contributed by atoms with E-state index in [-0.39, 0.29) is 17.9 Å². The maximum absolute atomic E-state index is 12.2. The summed E-state index contributed by atoms with van der Waals surface area (Å²) in [6.45, 7) is 5.41. The van der Waals surface area contributed by atoms with Crippen molar-refractivity contribution in [1.29, 1.82) is 0 Å². The van der Waals surface area contributed by atoms with E-state index in [1.54, 1.807) is 0 Å². The fraction of sp³-hybridized carbons (Fsp3) is 1.00. The smallest absolute Gasteiger partial charge is 0.213 e. The maximum Gasteiger partial charge on any atom is 0.213 e. The summed E-state index contributed by atoms with van der Waals surface area (Å²) in [5.74, 6) is 0.176. The quantitative estimate of drug-likeness (QED) is 0.790. The standard InChI is InChI=1S/C12H24N2O3S/c1-10-12(2,6-8-17-10)14-18(15,16)9-11-5-3-4-7-13-11/h10-11,13-14H,3-9H2,1-2H3. The van der Waals surface area contributed by atoms with Crippen LogP contribution < -0.4 is 10.0 Å². The van der Waals surface area contributed by atoms with Gasteiger partial charge in [-0.2, -0.15) is 0 Å². The largest absolute Gasteiger partial charge is 0.376 e. The summed E-state index contributed by atoms with van der Waals surface area (Å²) in [7, 11) is -3.25. The second-order valence-electron chi connectivity index (χ2n) is 5.71. The van der Waals surface area contributed by atoms with Crippen molar-refractivity contribution in [1.82, 2.24) is 10.0 Å². The second kappa shape index (κ2) is 5.45. The highest BCUT2D eigenvalue weighted by Gasteiger charge is 2.40. The molecule has 2 N–H and O–H groups in total. The van der Waals surface area contributed by atoms with Crippen molar-refractivity contribution < 1.29 is 13.2 Å². The Morgan fingerprint density at radius 3 is 2.78 bits per heavy atom. The van der Waals surface area contributed by atoms with E-state index in [2.05, 4.69) is 10.0 Å². The molecule has 0 aromatic heterocycles. The van der Waals surface area contributed by atoms with Crippen molar-refractivity contribution in [3.8, 4) is 0 Å². The van der Waals surface area contributed by atoms with E-state index in [0.29, 0.717) is 6.61 Å². The zero-order valence-corrected chi connectivity index (χ0v) is 12.1. The minimum atomic E-state index is -3.25. The molecular formula is C12H24N2O3S. The topological polar surface area (TPSA) is 67.4 Å². The van der Waals surface area contributed by atoms with E-state index in [1.165, 1.54) is 0 Å². The molecule has 2 aliphatic heterocycles. The van der Waals surface area contributed by atoms with Gasteiger partial charge in [-0.25, -0.2) is 13.1 Å². The Hall–Kier alpha value is -0.170. The Morgan fingerprint density at radius 1 is 1.44 bits per heavy atom. The van der Waals surface area contributed by atoms with Crippen LogP contribution in [0.1, 0.15) is 39.5 Å². The molecule has 2 saturated heterocycles. The number of nitrogens with one attached hydrogen (secondary N) is 2. The lowest BCUT2D eigenvalue weighted by atomic mass is 9.97. The van der Waals surface area contributed by atoms with Crippen LogP contribution in [0.2, 0.25) is 0 Å². The lowest BCUT2D eigenvalue weighted by Gasteiger charge is -2.30. The first kappa shape index (κ1) is 14.2. The molecule has 2 heterocycles. The Bertz CT molecular complexity index is 379. The van der Waals surface area contributed by atoms with Crippen LogP contribution in [0.5, 0.6) is 0 Å². The van der Waals surface area contributed by atoms with Gasteiger partial charge in [0.1, 0.15) is 0 Å². The summed E-state index contributed by atoms with van der Waals surface area (Å²) in [6, 6.07) is 0.0949. The van der Waals surface area contributed by atoms with Crippen molar-refractivity contribution >= 4 is 10.0 Å². The lowest BCUT2D eigenvalue weighted by Crippen LogP contribution is -2.53. The third-order valence-electron chi connectivity index (χ3n) is 4.11. The summed E-state index contributed by atoms with van der Waals surface area (Å²) in [4.78, 5) is 0. The molecule has 0 saturated carbocycles. The highest BCUT2D eigenvalue weighted by molar-refractivity contribution is 7.89. The van der Waals surface area contributed by atoms with Gasteiger partial charge in [0.15, 0.2) is 0 Å². The molecule has 0 bridgehead atoms. The first-order valence-corrected chi connectivity index (χ1v) is 8.43. The molecule has 0 spiro atoms. The zero-order valence-electron chi connectivity index (χ0n) is 11.2. The summed E-state index contributed by atoms with van der Waals surface area (Å²) >= 11 is 0. The summed E-state index contributed by atoms with van der Waals surface area (Å²) in [6.07, 6.45) is 3.89. The van der Waals surface area contributed by atoms with E-state index in [0.717, 1.165) is 32.2 Å². The third-order valence-corrected chi connectivity index (χ3v) is 5.73. The highest BCUT2D eigenvalue weighted by Crippen LogP contribution is 2.26. The molecule has 0 amide bonds. The summed E-state index contributed by atoms with van der Waals surface area (Å²) in [5.41, 5.74) is -0.451. The van der Waals surface area contributed by atoms with Crippen LogP contribution in [0.25, 0.3) is 0 Å². The Kier molecular flexibility index (Phi) is 4.31. The fourth-order valence-corrected chi connectivity index (χ4v) is 4.57. The Balaban J connectivity index is 1.94. The molecule has 6 heteroatoms. The molecule has 2 aliphatic rings. The predicted octanol–water partition coefficient (Wildman–Crippen LogP) is 0.615. The average molecular weight is 276 g/mol. The van der Waals surface area contributed by atoms with E-state index in [4.69, 9.17) is 4.74 Å². The Labute approximate surface area is 110 Å². The first-order valence-electron chi connectivity index (χ1n) is 6.78. The maximum atomic E-state index is 12.2. The molecule has 0 aromatic carbocycles. The number of sulfonamides is 1. The van der Waals surface area contributed by atoms with E-state index < -0.39 is 15.6 Å². The number of hydrogen-bond acceptors (Lipinski definition) is 4. The van der Waals surface area contributed by atoms with Crippen molar-refractivity contribution in [2.75, 3.05) is 18.9 Å². The number of ether oxygens (including phenoxy) is 1. The van der Waals surface area contributed by atoms with Crippen molar-refractivity contribution in [3.05, 3.63) is 0 Å². The van der Waals surface area contributed by atoms with Crippen LogP contribution in [0.4, 0.5) is 0 Å². The Morgan fingerprint density at radius 2 is 2.22 bits per heavy atom. The molecule has 2 fully saturated rings. The van der Waals surface area contributed by atoms with Crippen LogP contribution in [0.3, 0.4) is 0 Å². The van der Waals surface area contributed by atoms with Gasteiger partial charge in [0, 0.05) is 12.6 Å². The zero-order chi connectivity index (χ0) is 13.2. The van der Waals surface area contributed by atoms with Gasteiger partial charge >= 0.3 is 0 Å². The number of rotatable bonds is 4. The first-order chi connectivity index (χ1) is 8.41. The molecule has 18 heavy (non-hydrogen) atoms. The van der Waals surface area contributed by atoms with Gasteiger partial charge in [0.25, 0.3) is 0 Å². The molecule has 0 radical (unpaired) electrons. The SMILES string of the molecule is CC1OCCC1(C)NS(=O)(=O)CC1CCCCN1. The van der Waals surface area contributed by atoms with Gasteiger partial charge in [-0.05, 0) is 39.7 Å². The molecule has 0 aromatic rings. The average Bonchev–Trinajstić information content (AvgIpc) is 2.58. The van der Waals surface area contributed by atoms with Crippen LogP contribution in [0, 0.1) is 0 Å². The molecule has 2 rings (SSSR count). The van der Waals surface area contributed by atoms with Crippen LogP contribution >= 0.6 is 0 Å². The molecule has 5 nitrogen and oxygen atoms in total. The van der Waals surface area contributed by atoms with E-state index >= 15 is 0 Å². The van der Waals surface area contributed by atoms with Gasteiger partial charge in [0.2, 0.25) is 10.0 Å². The van der Waals surface area contributed by atoms with Gasteiger partial charge in [0.05, 0.1) is 17.4 Å². The highest BCUT2D eigenvalue weighted by atomic mass is 32.2. The van der Waals surface area contributed by atoms with E-state index in [1.807, 2.05) is 13.8 Å². The lowest BCUT2D eigenvalue weighted by molar-refractivity contribution is 0.0957.